The van der Waals surface area contributed by atoms with Crippen LogP contribution in [0.25, 0.3) is 0 Å². The summed E-state index contributed by atoms with van der Waals surface area (Å²) in [6, 6.07) is 5.59. The monoisotopic (exact) mass is 670 g/mol. The van der Waals surface area contributed by atoms with E-state index >= 15 is 0 Å². The molecule has 3 aliphatic heterocycles. The number of hydrogen-bond donors (Lipinski definition) is 3. The highest BCUT2D eigenvalue weighted by molar-refractivity contribution is 5.76. The van der Waals surface area contributed by atoms with E-state index in [0.717, 1.165) is 24.2 Å². The molecule has 5 rings (SSSR count). The molecule has 48 heavy (non-hydrogen) atoms. The summed E-state index contributed by atoms with van der Waals surface area (Å²) in [4.78, 5) is 32.3. The molecule has 2 aromatic heterocycles. The van der Waals surface area contributed by atoms with Crippen LogP contribution in [0.2, 0.25) is 0 Å². The van der Waals surface area contributed by atoms with E-state index in [4.69, 9.17) is 25.2 Å². The van der Waals surface area contributed by atoms with Gasteiger partial charge in [0, 0.05) is 24.3 Å². The van der Waals surface area contributed by atoms with E-state index < -0.39 is 0 Å². The molecule has 2 saturated heterocycles. The van der Waals surface area contributed by atoms with Crippen LogP contribution in [0.3, 0.4) is 0 Å². The van der Waals surface area contributed by atoms with Crippen molar-refractivity contribution in [1.82, 2.24) is 25.2 Å². The average Bonchev–Trinajstić information content (AvgIpc) is 3.35. The first-order valence-electron chi connectivity index (χ1n) is 17.2. The van der Waals surface area contributed by atoms with Gasteiger partial charge >= 0.3 is 0 Å². The quantitative estimate of drug-likeness (QED) is 0.194. The highest BCUT2D eigenvalue weighted by Crippen LogP contribution is 2.53. The standard InChI is InChI=1S/C23H33N7O3.C7H15N.C2H7N.C2H6.C2H2/c1-15(11-32-5)29(14-31)18-7-6-8-19(27-18)30-17-9-22(2,3)33-12-23(17,4)16-10-25-21(26-13-24)28-20(16)30;1-2-8-6-4-3-5-7-8;1-3-2;2*1-2/h6-8,10,14-15,17H,9,11-13,24H2,1-5H3,(H,25,26,28);2-7H2,1H3;3H,1-2H3;1-2H3;1-2H/t15?,17-,23-;;;;/m0..../s1. The highest BCUT2D eigenvalue weighted by Gasteiger charge is 2.55. The summed E-state index contributed by atoms with van der Waals surface area (Å²) < 4.78 is 11.5. The summed E-state index contributed by atoms with van der Waals surface area (Å²) in [5.74, 6) is 2.52. The van der Waals surface area contributed by atoms with Gasteiger partial charge in [-0.3, -0.25) is 9.69 Å². The molecule has 1 unspecified atom stereocenters. The molecule has 0 aromatic carbocycles. The Morgan fingerprint density at radius 1 is 1.17 bits per heavy atom. The molecule has 5 heterocycles. The smallest absolute Gasteiger partial charge is 0.225 e. The maximum Gasteiger partial charge on any atom is 0.225 e. The van der Waals surface area contributed by atoms with Gasteiger partial charge in [-0.1, -0.05) is 40.2 Å². The predicted molar refractivity (Wildman–Crippen MR) is 199 cm³/mol. The number of amides is 1. The maximum atomic E-state index is 11.9. The van der Waals surface area contributed by atoms with Crippen LogP contribution in [0.4, 0.5) is 23.4 Å². The van der Waals surface area contributed by atoms with Gasteiger partial charge < -0.3 is 35.6 Å². The molecule has 270 valence electrons. The van der Waals surface area contributed by atoms with Crippen LogP contribution in [-0.4, -0.2) is 105 Å². The van der Waals surface area contributed by atoms with Crippen LogP contribution >= 0.6 is 0 Å². The molecule has 2 aromatic rings. The fourth-order valence-corrected chi connectivity index (χ4v) is 6.05. The van der Waals surface area contributed by atoms with E-state index in [9.17, 15) is 4.79 Å². The topological polar surface area (TPSA) is 134 Å². The van der Waals surface area contributed by atoms with Crippen molar-refractivity contribution in [3.63, 3.8) is 0 Å². The zero-order chi connectivity index (χ0) is 36.3. The Morgan fingerprint density at radius 3 is 2.35 bits per heavy atom. The number of rotatable bonds is 9. The SMILES string of the molecule is C#C.CC.CCN1CCCCC1.CNC.COCC(C)N(C=O)c1cccc(N2c3nc(NCN)ncc3[C@]3(C)COC(C)(C)C[C@H]23)n1. The van der Waals surface area contributed by atoms with E-state index in [-0.39, 0.29) is 29.8 Å². The number of terminal acetylenes is 1. The van der Waals surface area contributed by atoms with Crippen molar-refractivity contribution >= 4 is 29.8 Å². The first-order chi connectivity index (χ1) is 23.1. The number of carbonyl (C=O) groups is 1. The average molecular weight is 670 g/mol. The number of pyridine rings is 1. The Kier molecular flexibility index (Phi) is 19.2. The number of likely N-dealkylation sites (tertiary alicyclic amines) is 1. The van der Waals surface area contributed by atoms with Gasteiger partial charge in [0.2, 0.25) is 12.4 Å². The lowest BCUT2D eigenvalue weighted by Crippen LogP contribution is -2.54. The van der Waals surface area contributed by atoms with Crippen LogP contribution in [-0.2, 0) is 19.7 Å². The number of carbonyl (C=O) groups excluding carboxylic acids is 1. The van der Waals surface area contributed by atoms with Crippen LogP contribution < -0.4 is 26.2 Å². The van der Waals surface area contributed by atoms with E-state index in [2.05, 4.69) is 66.0 Å². The number of nitrogens with one attached hydrogen (secondary N) is 2. The van der Waals surface area contributed by atoms with Crippen molar-refractivity contribution in [3.8, 4) is 12.8 Å². The number of ether oxygens (including phenoxy) is 2. The number of nitrogens with zero attached hydrogens (tertiary/aromatic N) is 6. The number of aromatic nitrogens is 3. The van der Waals surface area contributed by atoms with Gasteiger partial charge in [-0.2, -0.15) is 4.98 Å². The minimum atomic E-state index is -0.308. The van der Waals surface area contributed by atoms with Gasteiger partial charge in [-0.25, -0.2) is 9.97 Å². The molecule has 0 saturated carbocycles. The third-order valence-electron chi connectivity index (χ3n) is 8.49. The van der Waals surface area contributed by atoms with Gasteiger partial charge in [-0.05, 0) is 85.9 Å². The van der Waals surface area contributed by atoms with Crippen LogP contribution in [0.15, 0.2) is 24.4 Å². The molecule has 0 aliphatic carbocycles. The third-order valence-corrected chi connectivity index (χ3v) is 8.49. The van der Waals surface area contributed by atoms with Crippen LogP contribution in [0, 0.1) is 12.8 Å². The lowest BCUT2D eigenvalue weighted by atomic mass is 9.73. The van der Waals surface area contributed by atoms with E-state index in [1.807, 2.05) is 59.3 Å². The number of fused-ring (bicyclic) bond motifs is 3. The second kappa shape index (κ2) is 21.6. The minimum absolute atomic E-state index is 0.0579. The second-order valence-electron chi connectivity index (χ2n) is 12.5. The molecule has 0 bridgehead atoms. The van der Waals surface area contributed by atoms with Crippen LogP contribution in [0.5, 0.6) is 0 Å². The highest BCUT2D eigenvalue weighted by atomic mass is 16.5. The number of piperidine rings is 1. The third kappa shape index (κ3) is 11.1. The Morgan fingerprint density at radius 2 is 1.81 bits per heavy atom. The van der Waals surface area contributed by atoms with E-state index in [0.29, 0.717) is 30.8 Å². The fraction of sp³-hybridized carbons (Fsp3) is 0.667. The Hall–Kier alpha value is -3.34. The summed E-state index contributed by atoms with van der Waals surface area (Å²) >= 11 is 0. The summed E-state index contributed by atoms with van der Waals surface area (Å²) in [5, 5.41) is 5.75. The number of nitrogens with two attached hydrogens (primary N) is 1. The van der Waals surface area contributed by atoms with Crippen LogP contribution in [0.1, 0.15) is 79.7 Å². The molecule has 0 spiro atoms. The zero-order valence-electron chi connectivity index (χ0n) is 31.3. The number of methoxy groups -OCH3 is 1. The predicted octanol–water partition coefficient (Wildman–Crippen LogP) is 4.78. The van der Waals surface area contributed by atoms with Gasteiger partial charge in [0.15, 0.2) is 0 Å². The number of hydrogen-bond acceptors (Lipinski definition) is 11. The van der Waals surface area contributed by atoms with E-state index in [1.54, 1.807) is 12.0 Å². The fourth-order valence-electron chi connectivity index (χ4n) is 6.05. The first-order valence-corrected chi connectivity index (χ1v) is 17.2. The van der Waals surface area contributed by atoms with Crippen molar-refractivity contribution in [1.29, 1.82) is 0 Å². The van der Waals surface area contributed by atoms with E-state index in [1.165, 1.54) is 38.9 Å². The molecular weight excluding hydrogens is 606 g/mol. The van der Waals surface area contributed by atoms with Gasteiger partial charge in [0.1, 0.15) is 17.5 Å². The summed E-state index contributed by atoms with van der Waals surface area (Å²) in [7, 11) is 5.37. The molecule has 12 heteroatoms. The Bertz CT molecular complexity index is 1220. The molecule has 1 amide bonds. The molecule has 12 nitrogen and oxygen atoms in total. The number of anilines is 4. The van der Waals surface area contributed by atoms with Gasteiger partial charge in [0.25, 0.3) is 0 Å². The van der Waals surface area contributed by atoms with Gasteiger partial charge in [-0.15, -0.1) is 12.8 Å². The second-order valence-corrected chi connectivity index (χ2v) is 12.5. The Balaban J connectivity index is 0.000000645. The lowest BCUT2D eigenvalue weighted by molar-refractivity contribution is -0.108. The van der Waals surface area contributed by atoms with Crippen molar-refractivity contribution in [2.45, 2.75) is 97.2 Å². The zero-order valence-corrected chi connectivity index (χ0v) is 31.3. The largest absolute Gasteiger partial charge is 0.383 e. The van der Waals surface area contributed by atoms with Crippen molar-refractivity contribution < 1.29 is 14.3 Å². The summed E-state index contributed by atoms with van der Waals surface area (Å²) in [6.07, 6.45) is 15.7. The molecule has 3 atom stereocenters. The summed E-state index contributed by atoms with van der Waals surface area (Å²) in [6.45, 7) is 19.7. The molecule has 3 aliphatic rings. The molecular formula is C36H63N9O3. The summed E-state index contributed by atoms with van der Waals surface area (Å²) in [5.41, 5.74) is 6.07. The first kappa shape index (κ1) is 42.7. The van der Waals surface area contributed by atoms with Crippen molar-refractivity contribution in [2.75, 3.05) is 75.8 Å². The Labute approximate surface area is 290 Å². The lowest BCUT2D eigenvalue weighted by Gasteiger charge is -2.46. The van der Waals surface area contributed by atoms with Gasteiger partial charge in [0.05, 0.1) is 37.6 Å². The maximum absolute atomic E-state index is 11.9. The molecule has 2 fully saturated rings. The van der Waals surface area contributed by atoms with Crippen molar-refractivity contribution in [2.24, 2.45) is 5.73 Å². The minimum Gasteiger partial charge on any atom is -0.383 e. The normalized spacial score (nSPS) is 21.0. The molecule has 4 N–H and O–H groups in total. The molecule has 0 radical (unpaired) electrons. The van der Waals surface area contributed by atoms with Crippen molar-refractivity contribution in [3.05, 3.63) is 30.0 Å².